The number of carbonyl (C=O) groups is 1. The second kappa shape index (κ2) is 5.82. The molecule has 78 valence electrons. The topological polar surface area (TPSA) is 29.1 Å². The monoisotopic (exact) mass is 205 g/mol. The maximum absolute atomic E-state index is 12.5. The SMILES string of the molecule is CCCNC(=O)C#Cc1ccc(F)cc1. The Morgan fingerprint density at radius 3 is 2.67 bits per heavy atom. The predicted octanol–water partition coefficient (Wildman–Crippen LogP) is 1.70. The minimum Gasteiger partial charge on any atom is -0.345 e. The van der Waals surface area contributed by atoms with E-state index >= 15 is 0 Å². The van der Waals surface area contributed by atoms with Gasteiger partial charge in [-0.05, 0) is 30.7 Å². The van der Waals surface area contributed by atoms with E-state index in [9.17, 15) is 9.18 Å². The van der Waals surface area contributed by atoms with Crippen molar-refractivity contribution in [1.29, 1.82) is 0 Å². The maximum Gasteiger partial charge on any atom is 0.296 e. The zero-order valence-corrected chi connectivity index (χ0v) is 8.51. The first-order valence-electron chi connectivity index (χ1n) is 4.78. The fraction of sp³-hybridized carbons (Fsp3) is 0.250. The number of benzene rings is 1. The van der Waals surface area contributed by atoms with Gasteiger partial charge < -0.3 is 5.32 Å². The Morgan fingerprint density at radius 1 is 1.40 bits per heavy atom. The van der Waals surface area contributed by atoms with E-state index in [-0.39, 0.29) is 11.7 Å². The summed E-state index contributed by atoms with van der Waals surface area (Å²) in [7, 11) is 0. The van der Waals surface area contributed by atoms with Gasteiger partial charge in [0.1, 0.15) is 5.82 Å². The molecule has 2 nitrogen and oxygen atoms in total. The van der Waals surface area contributed by atoms with Gasteiger partial charge in [-0.2, -0.15) is 0 Å². The fourth-order valence-electron chi connectivity index (χ4n) is 0.945. The highest BCUT2D eigenvalue weighted by Crippen LogP contribution is 2.00. The summed E-state index contributed by atoms with van der Waals surface area (Å²) in [5.74, 6) is 4.47. The number of nitrogens with one attached hydrogen (secondary N) is 1. The third-order valence-corrected chi connectivity index (χ3v) is 1.70. The summed E-state index contributed by atoms with van der Waals surface area (Å²) in [6.45, 7) is 2.59. The zero-order chi connectivity index (χ0) is 11.1. The van der Waals surface area contributed by atoms with Gasteiger partial charge in [-0.3, -0.25) is 4.79 Å². The van der Waals surface area contributed by atoms with Crippen LogP contribution in [0.5, 0.6) is 0 Å². The van der Waals surface area contributed by atoms with Crippen molar-refractivity contribution >= 4 is 5.91 Å². The molecule has 0 aliphatic rings. The van der Waals surface area contributed by atoms with Crippen LogP contribution < -0.4 is 5.32 Å². The van der Waals surface area contributed by atoms with Crippen LogP contribution >= 0.6 is 0 Å². The molecule has 0 bridgehead atoms. The highest BCUT2D eigenvalue weighted by Gasteiger charge is 1.92. The lowest BCUT2D eigenvalue weighted by Gasteiger charge is -1.94. The highest BCUT2D eigenvalue weighted by atomic mass is 19.1. The van der Waals surface area contributed by atoms with Crippen LogP contribution in [0.15, 0.2) is 24.3 Å². The van der Waals surface area contributed by atoms with E-state index < -0.39 is 0 Å². The molecule has 1 aromatic rings. The van der Waals surface area contributed by atoms with Crippen molar-refractivity contribution in [1.82, 2.24) is 5.32 Å². The van der Waals surface area contributed by atoms with Crippen LogP contribution in [-0.4, -0.2) is 12.5 Å². The van der Waals surface area contributed by atoms with Crippen LogP contribution in [0.2, 0.25) is 0 Å². The van der Waals surface area contributed by atoms with E-state index in [1.165, 1.54) is 24.3 Å². The van der Waals surface area contributed by atoms with Gasteiger partial charge in [-0.15, -0.1) is 0 Å². The molecule has 0 heterocycles. The van der Waals surface area contributed by atoms with Crippen molar-refractivity contribution < 1.29 is 9.18 Å². The first-order valence-corrected chi connectivity index (χ1v) is 4.78. The lowest BCUT2D eigenvalue weighted by Crippen LogP contribution is -2.21. The van der Waals surface area contributed by atoms with E-state index in [2.05, 4.69) is 17.2 Å². The lowest BCUT2D eigenvalue weighted by molar-refractivity contribution is -0.115. The van der Waals surface area contributed by atoms with Gasteiger partial charge in [0.25, 0.3) is 5.91 Å². The summed E-state index contributed by atoms with van der Waals surface area (Å²) >= 11 is 0. The molecule has 1 amide bonds. The Bertz CT molecular complexity index is 386. The van der Waals surface area contributed by atoms with Crippen molar-refractivity contribution in [3.05, 3.63) is 35.6 Å². The summed E-state index contributed by atoms with van der Waals surface area (Å²) in [4.78, 5) is 11.1. The van der Waals surface area contributed by atoms with Gasteiger partial charge >= 0.3 is 0 Å². The second-order valence-electron chi connectivity index (χ2n) is 3.01. The molecule has 0 saturated heterocycles. The second-order valence-corrected chi connectivity index (χ2v) is 3.01. The summed E-state index contributed by atoms with van der Waals surface area (Å²) in [6.07, 6.45) is 0.879. The Kier molecular flexibility index (Phi) is 4.36. The van der Waals surface area contributed by atoms with Gasteiger partial charge in [-0.1, -0.05) is 12.8 Å². The normalized spacial score (nSPS) is 8.93. The van der Waals surface area contributed by atoms with Crippen LogP contribution in [0.4, 0.5) is 4.39 Å². The first kappa shape index (κ1) is 11.3. The van der Waals surface area contributed by atoms with Gasteiger partial charge in [0.2, 0.25) is 0 Å². The predicted molar refractivity (Wildman–Crippen MR) is 56.6 cm³/mol. The standard InChI is InChI=1S/C12H12FNO/c1-2-9-14-12(15)8-5-10-3-6-11(13)7-4-10/h3-4,6-7H,2,9H2,1H3,(H,14,15). The molecular weight excluding hydrogens is 193 g/mol. The van der Waals surface area contributed by atoms with E-state index in [0.717, 1.165) is 6.42 Å². The Labute approximate surface area is 88.5 Å². The molecule has 0 aliphatic carbocycles. The summed E-state index contributed by atoms with van der Waals surface area (Å²) in [6, 6.07) is 5.70. The molecule has 3 heteroatoms. The summed E-state index contributed by atoms with van der Waals surface area (Å²) in [5.41, 5.74) is 0.628. The lowest BCUT2D eigenvalue weighted by atomic mass is 10.2. The molecule has 1 N–H and O–H groups in total. The molecule has 0 unspecified atom stereocenters. The number of hydrogen-bond donors (Lipinski definition) is 1. The van der Waals surface area contributed by atoms with Crippen LogP contribution in [-0.2, 0) is 4.79 Å². The number of rotatable bonds is 2. The van der Waals surface area contributed by atoms with Gasteiger partial charge in [0.15, 0.2) is 0 Å². The van der Waals surface area contributed by atoms with E-state index in [0.29, 0.717) is 12.1 Å². The van der Waals surface area contributed by atoms with Crippen molar-refractivity contribution in [3.63, 3.8) is 0 Å². The third kappa shape index (κ3) is 4.28. The molecule has 0 saturated carbocycles. The molecule has 0 radical (unpaired) electrons. The minimum absolute atomic E-state index is 0.304. The number of amides is 1. The molecule has 0 aliphatic heterocycles. The van der Waals surface area contributed by atoms with Crippen molar-refractivity contribution in [3.8, 4) is 11.8 Å². The molecular formula is C12H12FNO. The van der Waals surface area contributed by atoms with Crippen LogP contribution in [0.25, 0.3) is 0 Å². The van der Waals surface area contributed by atoms with Gasteiger partial charge in [-0.25, -0.2) is 4.39 Å². The zero-order valence-electron chi connectivity index (χ0n) is 8.51. The molecule has 0 atom stereocenters. The first-order chi connectivity index (χ1) is 7.22. The highest BCUT2D eigenvalue weighted by molar-refractivity contribution is 5.94. The van der Waals surface area contributed by atoms with Crippen molar-refractivity contribution in [2.75, 3.05) is 6.54 Å². The van der Waals surface area contributed by atoms with Crippen molar-refractivity contribution in [2.45, 2.75) is 13.3 Å². The van der Waals surface area contributed by atoms with Crippen LogP contribution in [0.1, 0.15) is 18.9 Å². The number of hydrogen-bond acceptors (Lipinski definition) is 1. The smallest absolute Gasteiger partial charge is 0.296 e. The number of carbonyl (C=O) groups excluding carboxylic acids is 1. The van der Waals surface area contributed by atoms with E-state index in [1.807, 2.05) is 6.92 Å². The van der Waals surface area contributed by atoms with Gasteiger partial charge in [0, 0.05) is 18.0 Å². The Balaban J connectivity index is 2.57. The fourth-order valence-corrected chi connectivity index (χ4v) is 0.945. The average molecular weight is 205 g/mol. The quantitative estimate of drug-likeness (QED) is 0.731. The molecule has 0 aromatic heterocycles. The summed E-state index contributed by atoms with van der Waals surface area (Å²) < 4.78 is 12.5. The largest absolute Gasteiger partial charge is 0.345 e. The van der Waals surface area contributed by atoms with Crippen LogP contribution in [0.3, 0.4) is 0 Å². The van der Waals surface area contributed by atoms with Gasteiger partial charge in [0.05, 0.1) is 0 Å². The third-order valence-electron chi connectivity index (χ3n) is 1.70. The minimum atomic E-state index is -0.309. The van der Waals surface area contributed by atoms with E-state index in [4.69, 9.17) is 0 Å². The van der Waals surface area contributed by atoms with E-state index in [1.54, 1.807) is 0 Å². The molecule has 0 spiro atoms. The molecule has 1 rings (SSSR count). The number of halogens is 1. The van der Waals surface area contributed by atoms with Crippen LogP contribution in [0, 0.1) is 17.7 Å². The Hall–Kier alpha value is -1.82. The average Bonchev–Trinajstić information content (AvgIpc) is 2.25. The molecule has 1 aromatic carbocycles. The molecule has 15 heavy (non-hydrogen) atoms. The Morgan fingerprint density at radius 2 is 2.07 bits per heavy atom. The molecule has 0 fully saturated rings. The summed E-state index contributed by atoms with van der Waals surface area (Å²) in [5, 5.41) is 2.63. The van der Waals surface area contributed by atoms with Crippen molar-refractivity contribution in [2.24, 2.45) is 0 Å². The maximum atomic E-state index is 12.5.